The van der Waals surface area contributed by atoms with E-state index >= 15 is 0 Å². The third kappa shape index (κ3) is 34.4. The normalized spacial score (nSPS) is 12.8. The molecule has 0 aromatic carbocycles. The Balaban J connectivity index is 3.89. The van der Waals surface area contributed by atoms with Gasteiger partial charge in [-0.1, -0.05) is 140 Å². The third-order valence-electron chi connectivity index (χ3n) is 8.05. The summed E-state index contributed by atoms with van der Waals surface area (Å²) in [6.45, 7) is 4.48. The van der Waals surface area contributed by atoms with Gasteiger partial charge in [-0.3, -0.25) is 9.59 Å². The molecule has 0 aliphatic carbocycles. The van der Waals surface area contributed by atoms with Crippen LogP contribution in [0.25, 0.3) is 0 Å². The summed E-state index contributed by atoms with van der Waals surface area (Å²) >= 11 is 0. The number of carbonyl (C=O) groups is 2. The van der Waals surface area contributed by atoms with Crippen molar-refractivity contribution in [3.05, 3.63) is 48.6 Å². The van der Waals surface area contributed by atoms with E-state index in [9.17, 15) is 9.59 Å². The van der Waals surface area contributed by atoms with Gasteiger partial charge in [0.05, 0.1) is 0 Å². The zero-order valence-corrected chi connectivity index (χ0v) is 29.0. The number of hydrogen-bond donors (Lipinski definition) is 1. The number of hydrogen-bond acceptors (Lipinski definition) is 3. The number of rotatable bonds is 33. The van der Waals surface area contributed by atoms with Crippen LogP contribution in [0.2, 0.25) is 0 Å². The second-order valence-electron chi connectivity index (χ2n) is 12.4. The topological polar surface area (TPSA) is 63.6 Å². The van der Waals surface area contributed by atoms with Gasteiger partial charge in [-0.05, 0) is 83.5 Å². The van der Waals surface area contributed by atoms with Crippen molar-refractivity contribution in [3.63, 3.8) is 0 Å². The molecular weight excluding hydrogens is 544 g/mol. The van der Waals surface area contributed by atoms with Gasteiger partial charge in [0.1, 0.15) is 6.10 Å². The lowest BCUT2D eigenvalue weighted by molar-refractivity contribution is -0.150. The number of esters is 1. The molecule has 0 saturated carbocycles. The van der Waals surface area contributed by atoms with Crippen molar-refractivity contribution in [2.24, 2.45) is 0 Å². The summed E-state index contributed by atoms with van der Waals surface area (Å²) in [6.07, 6.45) is 47.0. The second-order valence-corrected chi connectivity index (χ2v) is 12.4. The maximum absolute atomic E-state index is 12.5. The predicted molar refractivity (Wildman–Crippen MR) is 190 cm³/mol. The van der Waals surface area contributed by atoms with Crippen LogP contribution in [0.3, 0.4) is 0 Å². The molecule has 1 unspecified atom stereocenters. The Morgan fingerprint density at radius 3 is 1.41 bits per heavy atom. The molecule has 0 fully saturated rings. The Hall–Kier alpha value is -2.10. The number of carboxylic acid groups (broad SMARTS) is 1. The van der Waals surface area contributed by atoms with Gasteiger partial charge in [0.25, 0.3) is 0 Å². The Labute approximate surface area is 272 Å². The number of unbranched alkanes of at least 4 members (excludes halogenated alkanes) is 16. The first-order valence-corrected chi connectivity index (χ1v) is 18.6. The first-order chi connectivity index (χ1) is 21.6. The molecular formula is C40H70O4. The van der Waals surface area contributed by atoms with E-state index in [0.29, 0.717) is 6.42 Å². The molecule has 1 N–H and O–H groups in total. The van der Waals surface area contributed by atoms with Crippen molar-refractivity contribution in [1.29, 1.82) is 0 Å². The van der Waals surface area contributed by atoms with E-state index in [1.165, 1.54) is 77.0 Å². The number of allylic oxidation sites excluding steroid dienone is 8. The average Bonchev–Trinajstić information content (AvgIpc) is 3.01. The quantitative estimate of drug-likeness (QED) is 0.0454. The highest BCUT2D eigenvalue weighted by Crippen LogP contribution is 2.18. The molecule has 4 nitrogen and oxygen atoms in total. The fraction of sp³-hybridized carbons (Fsp3) is 0.750. The molecule has 0 aliphatic rings. The van der Waals surface area contributed by atoms with Crippen LogP contribution in [-0.2, 0) is 14.3 Å². The first kappa shape index (κ1) is 41.9. The molecule has 0 aromatic heterocycles. The van der Waals surface area contributed by atoms with E-state index in [2.05, 4.69) is 62.5 Å². The van der Waals surface area contributed by atoms with Crippen LogP contribution in [0.5, 0.6) is 0 Å². The molecule has 44 heavy (non-hydrogen) atoms. The maximum atomic E-state index is 12.5. The Bertz CT molecular complexity index is 748. The van der Waals surface area contributed by atoms with Crippen molar-refractivity contribution >= 4 is 11.9 Å². The van der Waals surface area contributed by atoms with Gasteiger partial charge in [0.2, 0.25) is 0 Å². The van der Waals surface area contributed by atoms with Gasteiger partial charge in [0, 0.05) is 12.8 Å². The Morgan fingerprint density at radius 1 is 0.500 bits per heavy atom. The molecule has 0 bridgehead atoms. The van der Waals surface area contributed by atoms with E-state index in [4.69, 9.17) is 9.84 Å². The van der Waals surface area contributed by atoms with E-state index < -0.39 is 5.97 Å². The van der Waals surface area contributed by atoms with Gasteiger partial charge in [-0.25, -0.2) is 0 Å². The minimum atomic E-state index is -0.716. The summed E-state index contributed by atoms with van der Waals surface area (Å²) in [5.41, 5.74) is 0. The number of carbonyl (C=O) groups excluding carboxylic acids is 1. The van der Waals surface area contributed by atoms with E-state index in [-0.39, 0.29) is 18.5 Å². The Kier molecular flexibility index (Phi) is 33.7. The maximum Gasteiger partial charge on any atom is 0.306 e. The van der Waals surface area contributed by atoms with Crippen LogP contribution >= 0.6 is 0 Å². The highest BCUT2D eigenvalue weighted by Gasteiger charge is 2.14. The number of aliphatic carboxylic acids is 1. The van der Waals surface area contributed by atoms with Crippen molar-refractivity contribution in [3.8, 4) is 0 Å². The van der Waals surface area contributed by atoms with Crippen molar-refractivity contribution in [1.82, 2.24) is 0 Å². The van der Waals surface area contributed by atoms with Crippen LogP contribution in [0, 0.1) is 0 Å². The molecule has 0 heterocycles. The number of carboxylic acids is 1. The molecule has 0 amide bonds. The highest BCUT2D eigenvalue weighted by atomic mass is 16.5. The summed E-state index contributed by atoms with van der Waals surface area (Å²) in [5.74, 6) is -0.751. The van der Waals surface area contributed by atoms with Crippen LogP contribution in [0.15, 0.2) is 48.6 Å². The van der Waals surface area contributed by atoms with Gasteiger partial charge in [0.15, 0.2) is 0 Å². The molecule has 0 rings (SSSR count). The van der Waals surface area contributed by atoms with E-state index in [1.807, 2.05) is 0 Å². The largest absolute Gasteiger partial charge is 0.481 e. The van der Waals surface area contributed by atoms with Gasteiger partial charge >= 0.3 is 11.9 Å². The van der Waals surface area contributed by atoms with Gasteiger partial charge in [-0.15, -0.1) is 0 Å². The lowest BCUT2D eigenvalue weighted by Gasteiger charge is -2.18. The SMILES string of the molecule is CCCCC/C=C\C/C=C\C/C=C\C/C=C\CCCCCCCC(=O)OC(CCCCCCCC)CCCCCCC(=O)O. The molecule has 0 spiro atoms. The minimum Gasteiger partial charge on any atom is -0.481 e. The first-order valence-electron chi connectivity index (χ1n) is 18.6. The summed E-state index contributed by atoms with van der Waals surface area (Å²) in [7, 11) is 0. The van der Waals surface area contributed by atoms with Gasteiger partial charge in [-0.2, -0.15) is 0 Å². The van der Waals surface area contributed by atoms with Crippen LogP contribution in [0.4, 0.5) is 0 Å². The summed E-state index contributed by atoms with van der Waals surface area (Å²) in [4.78, 5) is 23.2. The highest BCUT2D eigenvalue weighted by molar-refractivity contribution is 5.69. The fourth-order valence-electron chi connectivity index (χ4n) is 5.28. The minimum absolute atomic E-state index is 0.0265. The fourth-order valence-corrected chi connectivity index (χ4v) is 5.28. The van der Waals surface area contributed by atoms with Crippen molar-refractivity contribution in [2.45, 2.75) is 193 Å². The molecule has 0 radical (unpaired) electrons. The molecule has 1 atom stereocenters. The Morgan fingerprint density at radius 2 is 0.886 bits per heavy atom. The molecule has 0 aliphatic heterocycles. The lowest BCUT2D eigenvalue weighted by Crippen LogP contribution is -2.18. The average molecular weight is 615 g/mol. The molecule has 254 valence electrons. The van der Waals surface area contributed by atoms with Crippen LogP contribution in [0.1, 0.15) is 187 Å². The standard InChI is InChI=1S/C40H70O4/c1-3-5-7-9-11-12-13-14-15-16-17-18-19-20-21-22-23-24-25-27-33-37-40(43)44-38(34-30-26-10-8-6-4-2)35-31-28-29-32-36-39(41)42/h11-12,14-15,17-18,20-21,38H,3-10,13,16,19,22-37H2,1-2H3,(H,41,42)/b12-11-,15-14-,18-17-,21-20-. The lowest BCUT2D eigenvalue weighted by atomic mass is 10.0. The second kappa shape index (κ2) is 35.4. The smallest absolute Gasteiger partial charge is 0.306 e. The number of ether oxygens (including phenoxy) is 1. The molecule has 4 heteroatoms. The zero-order valence-electron chi connectivity index (χ0n) is 29.0. The van der Waals surface area contributed by atoms with Crippen molar-refractivity contribution < 1.29 is 19.4 Å². The molecule has 0 saturated heterocycles. The van der Waals surface area contributed by atoms with E-state index in [1.54, 1.807) is 0 Å². The van der Waals surface area contributed by atoms with Crippen LogP contribution in [-0.4, -0.2) is 23.1 Å². The monoisotopic (exact) mass is 615 g/mol. The summed E-state index contributed by atoms with van der Waals surface area (Å²) in [5, 5.41) is 8.80. The zero-order chi connectivity index (χ0) is 32.2. The van der Waals surface area contributed by atoms with Crippen molar-refractivity contribution in [2.75, 3.05) is 0 Å². The van der Waals surface area contributed by atoms with E-state index in [0.717, 1.165) is 83.5 Å². The molecule has 0 aromatic rings. The van der Waals surface area contributed by atoms with Gasteiger partial charge < -0.3 is 9.84 Å². The predicted octanol–water partition coefficient (Wildman–Crippen LogP) is 12.8. The third-order valence-corrected chi connectivity index (χ3v) is 8.05. The summed E-state index contributed by atoms with van der Waals surface area (Å²) in [6, 6.07) is 0. The van der Waals surface area contributed by atoms with Crippen LogP contribution < -0.4 is 0 Å². The summed E-state index contributed by atoms with van der Waals surface area (Å²) < 4.78 is 5.91.